The third-order valence-electron chi connectivity index (χ3n) is 5.24. The molecule has 0 saturated carbocycles. The Labute approximate surface area is 194 Å². The van der Waals surface area contributed by atoms with Crippen molar-refractivity contribution in [1.82, 2.24) is 30.4 Å². The maximum absolute atomic E-state index is 6.01. The van der Waals surface area contributed by atoms with Crippen LogP contribution in [0.15, 0.2) is 23.3 Å². The number of nitrogens with one attached hydrogen (secondary N) is 2. The highest BCUT2D eigenvalue weighted by Gasteiger charge is 2.21. The topological polar surface area (TPSA) is 98.5 Å². The van der Waals surface area contributed by atoms with Crippen LogP contribution in [0.5, 0.6) is 5.88 Å². The highest BCUT2D eigenvalue weighted by atomic mass is 127. The summed E-state index contributed by atoms with van der Waals surface area (Å²) in [5.74, 6) is 3.34. The predicted octanol–water partition coefficient (Wildman–Crippen LogP) is 1.84. The fraction of sp³-hybridized carbons (Fsp3) is 0.600. The van der Waals surface area contributed by atoms with Crippen molar-refractivity contribution in [3.63, 3.8) is 0 Å². The Kier molecular flexibility index (Phi) is 8.25. The number of nitrogens with zero attached hydrogens (tertiary/aromatic N) is 5. The van der Waals surface area contributed by atoms with Crippen LogP contribution in [-0.4, -0.2) is 58.1 Å². The van der Waals surface area contributed by atoms with Crippen LogP contribution in [0.3, 0.4) is 0 Å². The fourth-order valence-electron chi connectivity index (χ4n) is 3.71. The van der Waals surface area contributed by atoms with Crippen molar-refractivity contribution < 1.29 is 9.47 Å². The van der Waals surface area contributed by atoms with Gasteiger partial charge in [0.05, 0.1) is 19.8 Å². The van der Waals surface area contributed by atoms with E-state index in [1.165, 1.54) is 0 Å². The van der Waals surface area contributed by atoms with Gasteiger partial charge in [-0.2, -0.15) is 5.10 Å². The average molecular weight is 527 g/mol. The molecule has 0 bridgehead atoms. The Hall–Kier alpha value is -1.95. The summed E-state index contributed by atoms with van der Waals surface area (Å²) in [4.78, 5) is 13.2. The molecule has 1 saturated heterocycles. The van der Waals surface area contributed by atoms with Gasteiger partial charge < -0.3 is 20.1 Å². The Morgan fingerprint density at radius 1 is 1.33 bits per heavy atom. The van der Waals surface area contributed by atoms with Crippen LogP contribution in [0.4, 0.5) is 0 Å². The standard InChI is InChI=1S/C20H29N7O2.HI/c1-14-24-18-4-3-16(13-27(18)26-14)25-20(21-2)23-12-15-5-8-22-19(11-15)29-17-6-9-28-10-7-17;/h5,8,11,16-17H,3-4,6-7,9-10,12-13H2,1-2H3,(H2,21,23,25);1H. The van der Waals surface area contributed by atoms with Crippen LogP contribution in [-0.2, 0) is 24.2 Å². The first-order chi connectivity index (χ1) is 14.2. The Bertz CT molecular complexity index is 851. The first-order valence-electron chi connectivity index (χ1n) is 10.3. The lowest BCUT2D eigenvalue weighted by Crippen LogP contribution is -2.46. The van der Waals surface area contributed by atoms with Crippen molar-refractivity contribution in [2.75, 3.05) is 20.3 Å². The largest absolute Gasteiger partial charge is 0.474 e. The lowest BCUT2D eigenvalue weighted by molar-refractivity contribution is 0.0237. The van der Waals surface area contributed by atoms with Gasteiger partial charge in [-0.15, -0.1) is 24.0 Å². The van der Waals surface area contributed by atoms with E-state index >= 15 is 0 Å². The molecular formula is C20H30IN7O2. The molecule has 0 amide bonds. The second-order valence-corrected chi connectivity index (χ2v) is 7.49. The quantitative estimate of drug-likeness (QED) is 0.348. The summed E-state index contributed by atoms with van der Waals surface area (Å²) in [6.07, 6.45) is 5.73. The molecule has 2 aromatic heterocycles. The number of pyridine rings is 1. The molecule has 10 heteroatoms. The predicted molar refractivity (Wildman–Crippen MR) is 124 cm³/mol. The molecule has 0 spiro atoms. The van der Waals surface area contributed by atoms with E-state index in [9.17, 15) is 0 Å². The van der Waals surface area contributed by atoms with Gasteiger partial charge in [-0.25, -0.2) is 14.6 Å². The molecule has 2 N–H and O–H groups in total. The minimum atomic E-state index is 0. The van der Waals surface area contributed by atoms with Gasteiger partial charge in [0.15, 0.2) is 5.96 Å². The number of guanidine groups is 1. The molecule has 30 heavy (non-hydrogen) atoms. The maximum Gasteiger partial charge on any atom is 0.213 e. The number of hydrogen-bond acceptors (Lipinski definition) is 6. The van der Waals surface area contributed by atoms with Crippen molar-refractivity contribution in [2.24, 2.45) is 4.99 Å². The van der Waals surface area contributed by atoms with Crippen molar-refractivity contribution in [2.45, 2.75) is 57.8 Å². The molecule has 0 radical (unpaired) electrons. The van der Waals surface area contributed by atoms with Crippen LogP contribution in [0, 0.1) is 6.92 Å². The number of aromatic nitrogens is 4. The first-order valence-corrected chi connectivity index (χ1v) is 10.3. The normalized spacial score (nSPS) is 19.5. The Morgan fingerprint density at radius 3 is 2.97 bits per heavy atom. The summed E-state index contributed by atoms with van der Waals surface area (Å²) in [5, 5.41) is 11.3. The number of rotatable bonds is 5. The molecule has 9 nitrogen and oxygen atoms in total. The van der Waals surface area contributed by atoms with E-state index in [4.69, 9.17) is 9.47 Å². The summed E-state index contributed by atoms with van der Waals surface area (Å²) in [6, 6.07) is 4.25. The number of ether oxygens (including phenoxy) is 2. The first kappa shape index (κ1) is 22.7. The van der Waals surface area contributed by atoms with Crippen molar-refractivity contribution in [1.29, 1.82) is 0 Å². The zero-order chi connectivity index (χ0) is 20.1. The van der Waals surface area contributed by atoms with Gasteiger partial charge in [0.1, 0.15) is 17.8 Å². The lowest BCUT2D eigenvalue weighted by Gasteiger charge is -2.25. The molecule has 4 heterocycles. The summed E-state index contributed by atoms with van der Waals surface area (Å²) >= 11 is 0. The van der Waals surface area contributed by atoms with E-state index in [0.29, 0.717) is 12.4 Å². The molecule has 0 aromatic carbocycles. The molecule has 2 aliphatic heterocycles. The van der Waals surface area contributed by atoms with Gasteiger partial charge in [0.2, 0.25) is 5.88 Å². The minimum Gasteiger partial charge on any atom is -0.474 e. The zero-order valence-corrected chi connectivity index (χ0v) is 19.8. The van der Waals surface area contributed by atoms with Gasteiger partial charge in [0.25, 0.3) is 0 Å². The third-order valence-corrected chi connectivity index (χ3v) is 5.24. The van der Waals surface area contributed by atoms with Gasteiger partial charge in [-0.1, -0.05) is 0 Å². The highest BCUT2D eigenvalue weighted by Crippen LogP contribution is 2.17. The zero-order valence-electron chi connectivity index (χ0n) is 17.5. The van der Waals surface area contributed by atoms with Gasteiger partial charge >= 0.3 is 0 Å². The third kappa shape index (κ3) is 6.03. The van der Waals surface area contributed by atoms with Gasteiger partial charge in [-0.3, -0.25) is 4.99 Å². The van der Waals surface area contributed by atoms with Crippen molar-refractivity contribution in [3.05, 3.63) is 35.5 Å². The number of hydrogen-bond donors (Lipinski definition) is 2. The van der Waals surface area contributed by atoms with Crippen LogP contribution in [0.1, 0.15) is 36.5 Å². The number of aryl methyl sites for hydroxylation is 2. The second-order valence-electron chi connectivity index (χ2n) is 7.49. The van der Waals surface area contributed by atoms with E-state index in [0.717, 1.165) is 68.6 Å². The van der Waals surface area contributed by atoms with E-state index in [1.807, 2.05) is 23.7 Å². The van der Waals surface area contributed by atoms with E-state index in [2.05, 4.69) is 30.7 Å². The van der Waals surface area contributed by atoms with Crippen LogP contribution < -0.4 is 15.4 Å². The van der Waals surface area contributed by atoms with Crippen LogP contribution in [0.25, 0.3) is 0 Å². The smallest absolute Gasteiger partial charge is 0.213 e. The van der Waals surface area contributed by atoms with Crippen LogP contribution >= 0.6 is 24.0 Å². The Morgan fingerprint density at radius 2 is 2.17 bits per heavy atom. The van der Waals surface area contributed by atoms with Gasteiger partial charge in [-0.05, 0) is 25.0 Å². The highest BCUT2D eigenvalue weighted by molar-refractivity contribution is 14.0. The van der Waals surface area contributed by atoms with E-state index in [-0.39, 0.29) is 36.1 Å². The summed E-state index contributed by atoms with van der Waals surface area (Å²) in [5.41, 5.74) is 1.10. The number of halogens is 1. The monoisotopic (exact) mass is 527 g/mol. The molecular weight excluding hydrogens is 497 g/mol. The molecule has 1 atom stereocenters. The molecule has 1 unspecified atom stereocenters. The minimum absolute atomic E-state index is 0. The molecule has 164 valence electrons. The van der Waals surface area contributed by atoms with Crippen molar-refractivity contribution >= 4 is 29.9 Å². The maximum atomic E-state index is 6.01. The van der Waals surface area contributed by atoms with E-state index < -0.39 is 0 Å². The fourth-order valence-corrected chi connectivity index (χ4v) is 3.71. The summed E-state index contributed by atoms with van der Waals surface area (Å²) in [7, 11) is 1.79. The number of aliphatic imine (C=N–C) groups is 1. The second kappa shape index (κ2) is 10.9. The molecule has 4 rings (SSSR count). The van der Waals surface area contributed by atoms with E-state index in [1.54, 1.807) is 13.2 Å². The average Bonchev–Trinajstić information content (AvgIpc) is 3.11. The molecule has 2 aliphatic rings. The molecule has 0 aliphatic carbocycles. The summed E-state index contributed by atoms with van der Waals surface area (Å²) < 4.78 is 13.4. The lowest BCUT2D eigenvalue weighted by atomic mass is 10.1. The Balaban J connectivity index is 0.00000256. The van der Waals surface area contributed by atoms with Gasteiger partial charge in [0, 0.05) is 51.2 Å². The van der Waals surface area contributed by atoms with Crippen molar-refractivity contribution in [3.8, 4) is 5.88 Å². The van der Waals surface area contributed by atoms with Crippen LogP contribution in [0.2, 0.25) is 0 Å². The molecule has 1 fully saturated rings. The molecule has 2 aromatic rings. The summed E-state index contributed by atoms with van der Waals surface area (Å²) in [6.45, 7) is 4.89. The SMILES string of the molecule is CN=C(NCc1ccnc(OC2CCOCC2)c1)NC1CCc2nc(C)nn2C1.I. The number of fused-ring (bicyclic) bond motifs is 1.